The topological polar surface area (TPSA) is 84.2 Å². The number of carbonyl (C=O) groups excluding carboxylic acids is 2. The molecule has 1 rings (SSSR count). The number of rotatable bonds is 5. The fourth-order valence-corrected chi connectivity index (χ4v) is 1.46. The Morgan fingerprint density at radius 1 is 1.18 bits per heavy atom. The van der Waals surface area contributed by atoms with Crippen LogP contribution in [0.2, 0.25) is 0 Å². The number of hydrogen-bond donors (Lipinski definition) is 3. The lowest BCUT2D eigenvalue weighted by molar-refractivity contribution is -0.120. The first-order valence-electron chi connectivity index (χ1n) is 5.11. The van der Waals surface area contributed by atoms with Crippen molar-refractivity contribution in [3.8, 4) is 0 Å². The zero-order chi connectivity index (χ0) is 12.7. The van der Waals surface area contributed by atoms with Crippen LogP contribution in [-0.4, -0.2) is 25.0 Å². The highest BCUT2D eigenvalue weighted by Gasteiger charge is 2.16. The van der Waals surface area contributed by atoms with Crippen LogP contribution in [-0.2, 0) is 4.79 Å². The summed E-state index contributed by atoms with van der Waals surface area (Å²) in [5.74, 6) is -0.302. The minimum atomic E-state index is -0.732. The molecule has 1 aromatic rings. The van der Waals surface area contributed by atoms with Crippen molar-refractivity contribution in [1.82, 2.24) is 10.6 Å². The van der Waals surface area contributed by atoms with Gasteiger partial charge in [0, 0.05) is 13.1 Å². The molecule has 1 unspecified atom stereocenters. The third-order valence-electron chi connectivity index (χ3n) is 2.05. The molecule has 0 radical (unpaired) electrons. The predicted octanol–water partition coefficient (Wildman–Crippen LogP) is 0.751. The number of amides is 3. The van der Waals surface area contributed by atoms with Gasteiger partial charge in [-0.15, -0.1) is 11.6 Å². The molecular weight excluding hydrogens is 242 g/mol. The Morgan fingerprint density at radius 3 is 2.35 bits per heavy atom. The number of urea groups is 1. The molecule has 0 bridgehead atoms. The second-order valence-electron chi connectivity index (χ2n) is 3.36. The minimum absolute atomic E-state index is 0.277. The SMILES string of the molecule is NC(=O)NCCNC(=O)C(Cl)c1ccccc1. The lowest BCUT2D eigenvalue weighted by Gasteiger charge is -2.10. The summed E-state index contributed by atoms with van der Waals surface area (Å²) in [5, 5.41) is 4.22. The molecule has 92 valence electrons. The van der Waals surface area contributed by atoms with E-state index in [1.807, 2.05) is 18.2 Å². The number of alkyl halides is 1. The van der Waals surface area contributed by atoms with E-state index in [0.29, 0.717) is 0 Å². The largest absolute Gasteiger partial charge is 0.353 e. The molecule has 3 amide bonds. The van der Waals surface area contributed by atoms with Crippen molar-refractivity contribution in [3.63, 3.8) is 0 Å². The van der Waals surface area contributed by atoms with Crippen molar-refractivity contribution in [2.75, 3.05) is 13.1 Å². The first kappa shape index (κ1) is 13.3. The van der Waals surface area contributed by atoms with Crippen LogP contribution in [0.15, 0.2) is 30.3 Å². The smallest absolute Gasteiger partial charge is 0.312 e. The molecule has 1 aromatic carbocycles. The zero-order valence-electron chi connectivity index (χ0n) is 9.15. The molecule has 0 aliphatic heterocycles. The Hall–Kier alpha value is -1.75. The first-order chi connectivity index (χ1) is 8.11. The fourth-order valence-electron chi connectivity index (χ4n) is 1.23. The molecule has 5 nitrogen and oxygen atoms in total. The Kier molecular flexibility index (Phi) is 5.29. The highest BCUT2D eigenvalue weighted by Crippen LogP contribution is 2.19. The normalized spacial score (nSPS) is 11.6. The van der Waals surface area contributed by atoms with Crippen LogP contribution in [0, 0.1) is 0 Å². The number of carbonyl (C=O) groups is 2. The molecule has 0 aliphatic carbocycles. The molecule has 6 heteroatoms. The van der Waals surface area contributed by atoms with Crippen LogP contribution in [0.25, 0.3) is 0 Å². The molecule has 0 aliphatic rings. The number of nitrogens with one attached hydrogen (secondary N) is 2. The number of primary amides is 1. The second kappa shape index (κ2) is 6.75. The van der Waals surface area contributed by atoms with Gasteiger partial charge in [-0.2, -0.15) is 0 Å². The molecule has 0 saturated heterocycles. The average Bonchev–Trinajstić information content (AvgIpc) is 2.34. The lowest BCUT2D eigenvalue weighted by Crippen LogP contribution is -2.38. The summed E-state index contributed by atoms with van der Waals surface area (Å²) in [6.07, 6.45) is 0. The van der Waals surface area contributed by atoms with Crippen molar-refractivity contribution >= 4 is 23.5 Å². The van der Waals surface area contributed by atoms with E-state index >= 15 is 0 Å². The second-order valence-corrected chi connectivity index (χ2v) is 3.79. The molecule has 0 saturated carbocycles. The van der Waals surface area contributed by atoms with E-state index in [2.05, 4.69) is 10.6 Å². The molecule has 0 heterocycles. The van der Waals surface area contributed by atoms with Gasteiger partial charge in [0.1, 0.15) is 5.38 Å². The van der Waals surface area contributed by atoms with Crippen LogP contribution < -0.4 is 16.4 Å². The molecule has 0 fully saturated rings. The summed E-state index contributed by atoms with van der Waals surface area (Å²) in [7, 11) is 0. The fraction of sp³-hybridized carbons (Fsp3) is 0.273. The molecular formula is C11H14ClN3O2. The summed E-state index contributed by atoms with van der Waals surface area (Å²) in [6, 6.07) is 8.41. The number of halogens is 1. The van der Waals surface area contributed by atoms with Crippen molar-refractivity contribution in [2.24, 2.45) is 5.73 Å². The summed E-state index contributed by atoms with van der Waals surface area (Å²) in [5.41, 5.74) is 5.60. The Balaban J connectivity index is 2.35. The van der Waals surface area contributed by atoms with Crippen LogP contribution in [0.5, 0.6) is 0 Å². The van der Waals surface area contributed by atoms with Crippen LogP contribution >= 0.6 is 11.6 Å². The Bertz CT molecular complexity index is 384. The van der Waals surface area contributed by atoms with Crippen LogP contribution in [0.4, 0.5) is 4.79 Å². The molecule has 1 atom stereocenters. The van der Waals surface area contributed by atoms with E-state index in [1.165, 1.54) is 0 Å². The van der Waals surface area contributed by atoms with Gasteiger partial charge < -0.3 is 16.4 Å². The first-order valence-corrected chi connectivity index (χ1v) is 5.55. The third kappa shape index (κ3) is 4.74. The molecule has 17 heavy (non-hydrogen) atoms. The Labute approximate surface area is 104 Å². The predicted molar refractivity (Wildman–Crippen MR) is 65.6 cm³/mol. The number of benzene rings is 1. The van der Waals surface area contributed by atoms with Gasteiger partial charge in [0.05, 0.1) is 0 Å². The van der Waals surface area contributed by atoms with Crippen LogP contribution in [0.3, 0.4) is 0 Å². The van der Waals surface area contributed by atoms with Crippen molar-refractivity contribution in [2.45, 2.75) is 5.38 Å². The molecule has 0 spiro atoms. The highest BCUT2D eigenvalue weighted by molar-refractivity contribution is 6.30. The number of nitrogens with two attached hydrogens (primary N) is 1. The summed E-state index contributed by atoms with van der Waals surface area (Å²) >= 11 is 5.97. The summed E-state index contributed by atoms with van der Waals surface area (Å²) in [6.45, 7) is 0.567. The molecule has 4 N–H and O–H groups in total. The maximum absolute atomic E-state index is 11.6. The van der Waals surface area contributed by atoms with E-state index in [1.54, 1.807) is 12.1 Å². The lowest BCUT2D eigenvalue weighted by atomic mass is 10.1. The van der Waals surface area contributed by atoms with Crippen molar-refractivity contribution in [1.29, 1.82) is 0 Å². The van der Waals surface area contributed by atoms with E-state index in [4.69, 9.17) is 17.3 Å². The maximum atomic E-state index is 11.6. The Morgan fingerprint density at radius 2 is 1.76 bits per heavy atom. The average molecular weight is 256 g/mol. The standard InChI is InChI=1S/C11H14ClN3O2/c12-9(8-4-2-1-3-5-8)10(16)14-6-7-15-11(13)17/h1-5,9H,6-7H2,(H,14,16)(H3,13,15,17). The van der Waals surface area contributed by atoms with Crippen LogP contribution in [0.1, 0.15) is 10.9 Å². The van der Waals surface area contributed by atoms with Gasteiger partial charge >= 0.3 is 6.03 Å². The van der Waals surface area contributed by atoms with E-state index in [-0.39, 0.29) is 19.0 Å². The van der Waals surface area contributed by atoms with Gasteiger partial charge in [-0.25, -0.2) is 4.79 Å². The number of hydrogen-bond acceptors (Lipinski definition) is 2. The van der Waals surface area contributed by atoms with Crippen molar-refractivity contribution in [3.05, 3.63) is 35.9 Å². The monoisotopic (exact) mass is 255 g/mol. The van der Waals surface area contributed by atoms with E-state index in [9.17, 15) is 9.59 Å². The van der Waals surface area contributed by atoms with Gasteiger partial charge in [0.15, 0.2) is 0 Å². The van der Waals surface area contributed by atoms with Gasteiger partial charge in [-0.05, 0) is 5.56 Å². The highest BCUT2D eigenvalue weighted by atomic mass is 35.5. The minimum Gasteiger partial charge on any atom is -0.353 e. The van der Waals surface area contributed by atoms with E-state index in [0.717, 1.165) is 5.56 Å². The zero-order valence-corrected chi connectivity index (χ0v) is 9.91. The maximum Gasteiger partial charge on any atom is 0.312 e. The summed E-state index contributed by atoms with van der Waals surface area (Å²) in [4.78, 5) is 22.0. The van der Waals surface area contributed by atoms with Crippen molar-refractivity contribution < 1.29 is 9.59 Å². The quantitative estimate of drug-likeness (QED) is 0.536. The third-order valence-corrected chi connectivity index (χ3v) is 2.50. The molecule has 0 aromatic heterocycles. The van der Waals surface area contributed by atoms with Gasteiger partial charge in [-0.3, -0.25) is 4.79 Å². The van der Waals surface area contributed by atoms with E-state index < -0.39 is 11.4 Å². The van der Waals surface area contributed by atoms with Gasteiger partial charge in [-0.1, -0.05) is 30.3 Å². The summed E-state index contributed by atoms with van der Waals surface area (Å²) < 4.78 is 0. The van der Waals surface area contributed by atoms with Gasteiger partial charge in [0.25, 0.3) is 0 Å². The van der Waals surface area contributed by atoms with Gasteiger partial charge in [0.2, 0.25) is 5.91 Å².